The second kappa shape index (κ2) is 19.4. The van der Waals surface area contributed by atoms with E-state index >= 15 is 14.4 Å². The summed E-state index contributed by atoms with van der Waals surface area (Å²) in [5.74, 6) is 2.19. The third kappa shape index (κ3) is 8.54. The lowest BCUT2D eigenvalue weighted by molar-refractivity contribution is -0.384. The van der Waals surface area contributed by atoms with Crippen molar-refractivity contribution in [3.63, 3.8) is 0 Å². The van der Waals surface area contributed by atoms with Gasteiger partial charge in [-0.1, -0.05) is 90.7 Å². The van der Waals surface area contributed by atoms with E-state index in [1.807, 2.05) is 65.6 Å². The van der Waals surface area contributed by atoms with Gasteiger partial charge in [-0.15, -0.1) is 6.58 Å². The summed E-state index contributed by atoms with van der Waals surface area (Å²) in [6, 6.07) is 30.7. The van der Waals surface area contributed by atoms with Crippen LogP contribution >= 0.6 is 0 Å². The van der Waals surface area contributed by atoms with Crippen LogP contribution in [0.1, 0.15) is 51.6 Å². The average molecular weight is 905 g/mol. The van der Waals surface area contributed by atoms with Gasteiger partial charge in [0.25, 0.3) is 5.69 Å². The summed E-state index contributed by atoms with van der Waals surface area (Å²) >= 11 is 0. The molecule has 2 saturated heterocycles. The molecule has 8 rings (SSSR count). The van der Waals surface area contributed by atoms with E-state index in [1.54, 1.807) is 36.4 Å². The van der Waals surface area contributed by atoms with Crippen LogP contribution in [0, 0.1) is 27.9 Å². The fourth-order valence-electron chi connectivity index (χ4n) is 9.36. The van der Waals surface area contributed by atoms with Crippen molar-refractivity contribution in [2.45, 2.75) is 36.3 Å². The Morgan fingerprint density at radius 1 is 0.896 bits per heavy atom. The summed E-state index contributed by atoms with van der Waals surface area (Å²) in [5.41, 5.74) is 5.66. The first-order chi connectivity index (χ1) is 32.5. The van der Waals surface area contributed by atoms with Crippen LogP contribution in [0.15, 0.2) is 140 Å². The lowest BCUT2D eigenvalue weighted by atomic mass is 9.65. The highest BCUT2D eigenvalue weighted by Gasteiger charge is 2.75. The molecule has 3 heterocycles. The zero-order chi connectivity index (χ0) is 47.2. The summed E-state index contributed by atoms with van der Waals surface area (Å²) < 4.78 is 18.0. The molecule has 5 aromatic rings. The molecule has 67 heavy (non-hydrogen) atoms. The Hall–Kier alpha value is -8.33. The number of nitro benzene ring substituents is 1. The molecule has 2 fully saturated rings. The molecule has 5 N–H and O–H groups in total. The topological polar surface area (TPSA) is 233 Å². The molecular weight excluding hydrogens is 861 g/mol. The summed E-state index contributed by atoms with van der Waals surface area (Å²) in [5, 5.41) is 26.1. The molecule has 0 aromatic heterocycles. The zero-order valence-corrected chi connectivity index (χ0v) is 35.8. The van der Waals surface area contributed by atoms with E-state index in [1.165, 1.54) is 36.4 Å². The van der Waals surface area contributed by atoms with E-state index < -0.39 is 77.0 Å². The van der Waals surface area contributed by atoms with Gasteiger partial charge in [-0.2, -0.15) is 0 Å². The molecular formula is C50H44N6O11. The standard InChI is InChI=1S/C50H44N6O11/c1-2-25-52-45(58)40-42-46(59)67-43(34-13-7-4-8-14-34)41(33-11-5-3-6-12-33)55(42)44(35-18-22-37(23-19-35)65-28-27-57)50(40)38-29-31(10-9-26-53-48(51)61)17-24-39(38)54(47(50)60)49(62)66-30-32-15-20-36(21-16-32)56(63)64/h2-8,11-24,29,40-44,57H,1,25-28,30H2,(H,52,58)(H3,51,53,61)/t40-,41-,42-,43+,44+,50-/m0/s1. The Morgan fingerprint density at radius 2 is 1.58 bits per heavy atom. The molecule has 6 atom stereocenters. The molecule has 5 amide bonds. The SMILES string of the molecule is C=CCNC(=O)[C@@H]1[C@H]2C(=O)O[C@H](c3ccccc3)[C@H](c3ccccc3)N2[C@H](c2ccc(OCCO)cc2)[C@@]12C(=O)N(C(=O)OCc1ccc([N+](=O)[O-])cc1)c1ccc(C#CCNC(N)=O)cc12. The number of non-ortho nitro benzene ring substituents is 1. The number of nitrogens with two attached hydrogens (primary N) is 1. The van der Waals surface area contributed by atoms with Gasteiger partial charge in [-0.05, 0) is 70.3 Å². The monoisotopic (exact) mass is 904 g/mol. The first-order valence-electron chi connectivity index (χ1n) is 21.2. The number of nitrogens with one attached hydrogen (secondary N) is 2. The van der Waals surface area contributed by atoms with Crippen molar-refractivity contribution < 1.29 is 48.2 Å². The number of benzene rings is 5. The largest absolute Gasteiger partial charge is 0.491 e. The molecule has 0 unspecified atom stereocenters. The van der Waals surface area contributed by atoms with Crippen LogP contribution in [0.25, 0.3) is 0 Å². The van der Waals surface area contributed by atoms with Crippen molar-refractivity contribution in [3.8, 4) is 17.6 Å². The van der Waals surface area contributed by atoms with Crippen LogP contribution in [0.4, 0.5) is 21.0 Å². The lowest BCUT2D eigenvalue weighted by Gasteiger charge is -2.46. The number of hydrogen-bond acceptors (Lipinski definition) is 12. The van der Waals surface area contributed by atoms with Gasteiger partial charge in [-0.25, -0.2) is 14.5 Å². The third-order valence-corrected chi connectivity index (χ3v) is 12.0. The van der Waals surface area contributed by atoms with Crippen molar-refractivity contribution in [1.29, 1.82) is 0 Å². The van der Waals surface area contributed by atoms with Crippen molar-refractivity contribution in [2.75, 3.05) is 31.2 Å². The van der Waals surface area contributed by atoms with Crippen LogP contribution in [0.5, 0.6) is 5.75 Å². The maximum absolute atomic E-state index is 16.3. The van der Waals surface area contributed by atoms with Gasteiger partial charge in [0, 0.05) is 24.2 Å². The van der Waals surface area contributed by atoms with E-state index in [2.05, 4.69) is 29.1 Å². The molecule has 0 aliphatic carbocycles. The van der Waals surface area contributed by atoms with Crippen molar-refractivity contribution >= 4 is 41.3 Å². The summed E-state index contributed by atoms with van der Waals surface area (Å²) in [7, 11) is 0. The van der Waals surface area contributed by atoms with Gasteiger partial charge in [-0.3, -0.25) is 29.4 Å². The highest BCUT2D eigenvalue weighted by molar-refractivity contribution is 6.23. The second-order valence-electron chi connectivity index (χ2n) is 15.8. The Bertz CT molecular complexity index is 2780. The molecule has 3 aliphatic rings. The van der Waals surface area contributed by atoms with E-state index in [9.17, 15) is 24.8 Å². The number of hydrogen-bond donors (Lipinski definition) is 4. The number of nitrogens with zero attached hydrogens (tertiary/aromatic N) is 3. The number of nitro groups is 1. The normalized spacial score (nSPS) is 21.5. The first-order valence-corrected chi connectivity index (χ1v) is 21.2. The molecule has 1 spiro atoms. The van der Waals surface area contributed by atoms with E-state index in [-0.39, 0.29) is 43.2 Å². The highest BCUT2D eigenvalue weighted by Crippen LogP contribution is 2.66. The summed E-state index contributed by atoms with van der Waals surface area (Å²) in [4.78, 5) is 86.2. The van der Waals surface area contributed by atoms with Crippen LogP contribution in [-0.2, 0) is 35.9 Å². The molecule has 340 valence electrons. The number of carbonyl (C=O) groups is 5. The number of urea groups is 1. The van der Waals surface area contributed by atoms with Crippen LogP contribution in [0.2, 0.25) is 0 Å². The molecule has 5 aromatic carbocycles. The van der Waals surface area contributed by atoms with Gasteiger partial charge in [0.2, 0.25) is 11.8 Å². The van der Waals surface area contributed by atoms with Crippen molar-refractivity contribution in [2.24, 2.45) is 11.7 Å². The minimum absolute atomic E-state index is 0.00524. The number of primary amides is 1. The van der Waals surface area contributed by atoms with Crippen LogP contribution in [-0.4, -0.2) is 77.2 Å². The third-order valence-electron chi connectivity index (χ3n) is 12.0. The Kier molecular flexibility index (Phi) is 13.1. The number of carbonyl (C=O) groups excluding carboxylic acids is 5. The number of morpholine rings is 1. The summed E-state index contributed by atoms with van der Waals surface area (Å²) in [6.07, 6.45) is -0.642. The van der Waals surface area contributed by atoms with Crippen molar-refractivity contribution in [3.05, 3.63) is 184 Å². The molecule has 0 radical (unpaired) electrons. The lowest BCUT2D eigenvalue weighted by Crippen LogP contribution is -2.55. The quantitative estimate of drug-likeness (QED) is 0.0388. The van der Waals surface area contributed by atoms with E-state index in [0.717, 1.165) is 4.90 Å². The zero-order valence-electron chi connectivity index (χ0n) is 35.8. The van der Waals surface area contributed by atoms with Crippen LogP contribution < -0.4 is 26.0 Å². The number of cyclic esters (lactones) is 1. The number of amides is 5. The molecule has 0 bridgehead atoms. The van der Waals surface area contributed by atoms with Gasteiger partial charge in [0.1, 0.15) is 36.5 Å². The van der Waals surface area contributed by atoms with Gasteiger partial charge in [0.15, 0.2) is 0 Å². The fourth-order valence-corrected chi connectivity index (χ4v) is 9.36. The molecule has 17 nitrogen and oxygen atoms in total. The fraction of sp³-hybridized carbons (Fsp3) is 0.220. The highest BCUT2D eigenvalue weighted by atomic mass is 16.6. The predicted octanol–water partition coefficient (Wildman–Crippen LogP) is 5.29. The number of aliphatic hydroxyl groups excluding tert-OH is 1. The predicted molar refractivity (Wildman–Crippen MR) is 242 cm³/mol. The number of esters is 1. The van der Waals surface area contributed by atoms with Gasteiger partial charge in [0.05, 0.1) is 41.8 Å². The van der Waals surface area contributed by atoms with E-state index in [0.29, 0.717) is 33.6 Å². The Morgan fingerprint density at radius 3 is 2.22 bits per heavy atom. The minimum Gasteiger partial charge on any atom is -0.491 e. The van der Waals surface area contributed by atoms with Crippen LogP contribution in [0.3, 0.4) is 0 Å². The van der Waals surface area contributed by atoms with Gasteiger partial charge >= 0.3 is 18.1 Å². The smallest absolute Gasteiger partial charge is 0.421 e. The van der Waals surface area contributed by atoms with Gasteiger partial charge < -0.3 is 35.7 Å². The number of fused-ring (bicyclic) bond motifs is 3. The Labute approximate surface area is 384 Å². The molecule has 3 aliphatic heterocycles. The Balaban J connectivity index is 1.39. The molecule has 0 saturated carbocycles. The number of ether oxygens (including phenoxy) is 3. The van der Waals surface area contributed by atoms with E-state index in [4.69, 9.17) is 19.9 Å². The second-order valence-corrected chi connectivity index (χ2v) is 15.8. The number of imide groups is 1. The minimum atomic E-state index is -2.13. The molecule has 17 heteroatoms. The number of anilines is 1. The first kappa shape index (κ1) is 45.2. The summed E-state index contributed by atoms with van der Waals surface area (Å²) in [6.45, 7) is 2.94. The number of aliphatic hydroxyl groups is 1. The maximum atomic E-state index is 16.3. The van der Waals surface area contributed by atoms with Crippen molar-refractivity contribution in [1.82, 2.24) is 15.5 Å². The maximum Gasteiger partial charge on any atom is 0.421 e. The average Bonchev–Trinajstić information content (AvgIpc) is 3.80. The number of rotatable bonds is 13.